The van der Waals surface area contributed by atoms with Crippen molar-refractivity contribution in [1.29, 1.82) is 0 Å². The quantitative estimate of drug-likeness (QED) is 0.797. The lowest BCUT2D eigenvalue weighted by Crippen LogP contribution is -2.56. The van der Waals surface area contributed by atoms with Crippen LogP contribution >= 0.6 is 0 Å². The van der Waals surface area contributed by atoms with Crippen LogP contribution in [0.2, 0.25) is 0 Å². The highest BCUT2D eigenvalue weighted by Gasteiger charge is 2.52. The van der Waals surface area contributed by atoms with E-state index in [1.807, 2.05) is 11.8 Å². The molecule has 2 unspecified atom stereocenters. The number of carbonyl (C=O) groups excluding carboxylic acids is 1. The first-order chi connectivity index (χ1) is 8.17. The molecule has 2 N–H and O–H groups in total. The van der Waals surface area contributed by atoms with Gasteiger partial charge in [0.25, 0.3) is 0 Å². The fourth-order valence-corrected chi connectivity index (χ4v) is 3.77. The molecule has 0 aromatic carbocycles. The van der Waals surface area contributed by atoms with Gasteiger partial charge < -0.3 is 10.6 Å². The summed E-state index contributed by atoms with van der Waals surface area (Å²) in [6, 6.07) is -0.124. The van der Waals surface area contributed by atoms with Gasteiger partial charge in [-0.2, -0.15) is 4.99 Å². The van der Waals surface area contributed by atoms with Gasteiger partial charge in [-0.1, -0.05) is 6.42 Å². The first kappa shape index (κ1) is 11.1. The number of carbonyl (C=O) groups is 1. The molecule has 3 aliphatic rings. The first-order valence-corrected chi connectivity index (χ1v) is 6.83. The number of rotatable bonds is 2. The number of aliphatic imine (C=N–C) groups is 1. The summed E-state index contributed by atoms with van der Waals surface area (Å²) in [7, 11) is 0. The topological polar surface area (TPSA) is 58.7 Å². The predicted octanol–water partition coefficient (Wildman–Crippen LogP) is 2.14. The van der Waals surface area contributed by atoms with Crippen molar-refractivity contribution in [1.82, 2.24) is 4.90 Å². The van der Waals surface area contributed by atoms with Gasteiger partial charge in [0, 0.05) is 6.54 Å². The minimum Gasteiger partial charge on any atom is -0.385 e. The summed E-state index contributed by atoms with van der Waals surface area (Å²) < 4.78 is 0. The Bertz CT molecular complexity index is 375. The fourth-order valence-electron chi connectivity index (χ4n) is 3.77. The Morgan fingerprint density at radius 3 is 2.82 bits per heavy atom. The molecule has 2 amide bonds. The molecule has 1 heterocycles. The molecule has 2 fully saturated rings. The van der Waals surface area contributed by atoms with Crippen LogP contribution in [-0.2, 0) is 0 Å². The van der Waals surface area contributed by atoms with Crippen molar-refractivity contribution in [2.45, 2.75) is 51.0 Å². The Balaban J connectivity index is 1.87. The minimum absolute atomic E-state index is 0.124. The maximum atomic E-state index is 11.8. The monoisotopic (exact) mass is 235 g/mol. The second-order valence-corrected chi connectivity index (χ2v) is 5.75. The number of hydrogen-bond acceptors (Lipinski definition) is 2. The second kappa shape index (κ2) is 3.72. The number of hydrogen-bond donors (Lipinski definition) is 1. The van der Waals surface area contributed by atoms with E-state index in [2.05, 4.69) is 4.99 Å². The average Bonchev–Trinajstić information content (AvgIpc) is 3.10. The van der Waals surface area contributed by atoms with Crippen molar-refractivity contribution >= 4 is 11.9 Å². The molecular formula is C13H21N3O. The van der Waals surface area contributed by atoms with Crippen LogP contribution < -0.4 is 5.73 Å². The van der Waals surface area contributed by atoms with Gasteiger partial charge in [0.1, 0.15) is 11.4 Å². The summed E-state index contributed by atoms with van der Waals surface area (Å²) in [4.78, 5) is 17.8. The average molecular weight is 235 g/mol. The molecule has 4 heteroatoms. The molecule has 94 valence electrons. The van der Waals surface area contributed by atoms with Crippen LogP contribution in [0.15, 0.2) is 4.99 Å². The van der Waals surface area contributed by atoms with E-state index in [1.165, 1.54) is 25.7 Å². The van der Waals surface area contributed by atoms with Gasteiger partial charge in [-0.15, -0.1) is 0 Å². The van der Waals surface area contributed by atoms with E-state index in [1.54, 1.807) is 0 Å². The van der Waals surface area contributed by atoms with Crippen molar-refractivity contribution in [3.05, 3.63) is 0 Å². The Labute approximate surface area is 102 Å². The third kappa shape index (κ3) is 1.57. The van der Waals surface area contributed by atoms with Crippen LogP contribution in [0.25, 0.3) is 0 Å². The fraction of sp³-hybridized carbons (Fsp3) is 0.846. The SMILES string of the molecule is CCN1C(=O)N=C(N)C12CCCC(C1CC1)C2. The highest BCUT2D eigenvalue weighted by molar-refractivity contribution is 6.05. The number of nitrogens with two attached hydrogens (primary N) is 1. The lowest BCUT2D eigenvalue weighted by atomic mass is 9.72. The first-order valence-electron chi connectivity index (χ1n) is 6.83. The van der Waals surface area contributed by atoms with Gasteiger partial charge in [0.05, 0.1) is 0 Å². The molecule has 2 aliphatic carbocycles. The second-order valence-electron chi connectivity index (χ2n) is 5.75. The number of amides is 2. The summed E-state index contributed by atoms with van der Waals surface area (Å²) in [6.07, 6.45) is 7.29. The zero-order valence-corrected chi connectivity index (χ0v) is 10.5. The van der Waals surface area contributed by atoms with Crippen molar-refractivity contribution in [2.75, 3.05) is 6.54 Å². The lowest BCUT2D eigenvalue weighted by Gasteiger charge is -2.43. The maximum absolute atomic E-state index is 11.8. The van der Waals surface area contributed by atoms with Gasteiger partial charge >= 0.3 is 6.03 Å². The molecule has 0 saturated heterocycles. The minimum atomic E-state index is -0.225. The lowest BCUT2D eigenvalue weighted by molar-refractivity contribution is 0.117. The van der Waals surface area contributed by atoms with E-state index < -0.39 is 0 Å². The Kier molecular flexibility index (Phi) is 2.42. The van der Waals surface area contributed by atoms with Crippen molar-refractivity contribution in [3.63, 3.8) is 0 Å². The molecule has 1 aliphatic heterocycles. The van der Waals surface area contributed by atoms with E-state index in [4.69, 9.17) is 5.73 Å². The summed E-state index contributed by atoms with van der Waals surface area (Å²) >= 11 is 0. The van der Waals surface area contributed by atoms with Crippen molar-refractivity contribution in [3.8, 4) is 0 Å². The smallest absolute Gasteiger partial charge is 0.346 e. The molecular weight excluding hydrogens is 214 g/mol. The molecule has 0 aromatic heterocycles. The summed E-state index contributed by atoms with van der Waals surface area (Å²) in [5, 5.41) is 0. The highest BCUT2D eigenvalue weighted by atomic mass is 16.2. The molecule has 2 saturated carbocycles. The summed E-state index contributed by atoms with van der Waals surface area (Å²) in [5.74, 6) is 2.24. The van der Waals surface area contributed by atoms with Gasteiger partial charge in [-0.05, 0) is 50.9 Å². The van der Waals surface area contributed by atoms with E-state index in [-0.39, 0.29) is 11.6 Å². The molecule has 1 spiro atoms. The standard InChI is InChI=1S/C13H21N3O/c1-2-16-12(17)15-11(14)13(16)7-3-4-10(8-13)9-5-6-9/h9-10H,2-8H2,1H3,(H2,14,15,17). The van der Waals surface area contributed by atoms with Crippen LogP contribution in [0.5, 0.6) is 0 Å². The number of likely N-dealkylation sites (N-methyl/N-ethyl adjacent to an activating group) is 1. The largest absolute Gasteiger partial charge is 0.385 e. The zero-order valence-electron chi connectivity index (χ0n) is 10.5. The molecule has 17 heavy (non-hydrogen) atoms. The van der Waals surface area contributed by atoms with Crippen LogP contribution in [0.1, 0.15) is 45.4 Å². The normalized spacial score (nSPS) is 37.7. The van der Waals surface area contributed by atoms with Gasteiger partial charge in [-0.3, -0.25) is 0 Å². The van der Waals surface area contributed by atoms with Gasteiger partial charge in [-0.25, -0.2) is 4.79 Å². The van der Waals surface area contributed by atoms with E-state index in [0.717, 1.165) is 31.2 Å². The summed E-state index contributed by atoms with van der Waals surface area (Å²) in [6.45, 7) is 2.74. The Morgan fingerprint density at radius 2 is 2.18 bits per heavy atom. The van der Waals surface area contributed by atoms with Crippen molar-refractivity contribution in [2.24, 2.45) is 22.6 Å². The third-order valence-electron chi connectivity index (χ3n) is 4.81. The van der Waals surface area contributed by atoms with E-state index in [0.29, 0.717) is 5.84 Å². The molecule has 2 atom stereocenters. The maximum Gasteiger partial charge on any atom is 0.346 e. The van der Waals surface area contributed by atoms with Crippen LogP contribution in [0, 0.1) is 11.8 Å². The Hall–Kier alpha value is -1.06. The molecule has 0 bridgehead atoms. The number of amidine groups is 1. The van der Waals surface area contributed by atoms with E-state index in [9.17, 15) is 4.79 Å². The molecule has 0 aromatic rings. The zero-order chi connectivity index (χ0) is 12.0. The third-order valence-corrected chi connectivity index (χ3v) is 4.81. The summed E-state index contributed by atoms with van der Waals surface area (Å²) in [5.41, 5.74) is 5.85. The highest BCUT2D eigenvalue weighted by Crippen LogP contribution is 2.49. The van der Waals surface area contributed by atoms with Gasteiger partial charge in [0.2, 0.25) is 0 Å². The van der Waals surface area contributed by atoms with Crippen LogP contribution in [0.3, 0.4) is 0 Å². The Morgan fingerprint density at radius 1 is 1.41 bits per heavy atom. The molecule has 0 radical (unpaired) electrons. The van der Waals surface area contributed by atoms with Gasteiger partial charge in [0.15, 0.2) is 0 Å². The van der Waals surface area contributed by atoms with E-state index >= 15 is 0 Å². The molecule has 4 nitrogen and oxygen atoms in total. The van der Waals surface area contributed by atoms with Crippen LogP contribution in [0.4, 0.5) is 4.79 Å². The van der Waals surface area contributed by atoms with Crippen LogP contribution in [-0.4, -0.2) is 28.9 Å². The predicted molar refractivity (Wildman–Crippen MR) is 66.8 cm³/mol. The van der Waals surface area contributed by atoms with Crippen molar-refractivity contribution < 1.29 is 4.79 Å². The number of urea groups is 1. The molecule has 3 rings (SSSR count). The number of nitrogens with zero attached hydrogens (tertiary/aromatic N) is 2.